The van der Waals surface area contributed by atoms with Crippen molar-refractivity contribution in [2.75, 3.05) is 39.5 Å². The van der Waals surface area contributed by atoms with Gasteiger partial charge in [0.05, 0.1) is 19.8 Å². The summed E-state index contributed by atoms with van der Waals surface area (Å²) in [7, 11) is 0. The first-order chi connectivity index (χ1) is 9.29. The number of morpholine rings is 1. The summed E-state index contributed by atoms with van der Waals surface area (Å²) in [5, 5.41) is 0. The minimum absolute atomic E-state index is 0.250. The fourth-order valence-electron chi connectivity index (χ4n) is 2.24. The number of nitrogens with zero attached hydrogens (tertiary/aromatic N) is 1. The molecule has 0 saturated carbocycles. The van der Waals surface area contributed by atoms with Crippen LogP contribution in [0.5, 0.6) is 5.75 Å². The summed E-state index contributed by atoms with van der Waals surface area (Å²) in [6.45, 7) is 4.61. The Morgan fingerprint density at radius 2 is 1.95 bits per heavy atom. The van der Waals surface area contributed by atoms with Crippen molar-refractivity contribution < 1.29 is 13.9 Å². The van der Waals surface area contributed by atoms with E-state index in [-0.39, 0.29) is 5.82 Å². The van der Waals surface area contributed by atoms with Crippen molar-refractivity contribution in [3.8, 4) is 5.75 Å². The first-order valence-corrected chi connectivity index (χ1v) is 6.70. The molecule has 2 rings (SSSR count). The van der Waals surface area contributed by atoms with E-state index in [1.807, 2.05) is 0 Å². The van der Waals surface area contributed by atoms with Crippen molar-refractivity contribution in [1.82, 2.24) is 4.90 Å². The molecule has 0 spiro atoms. The van der Waals surface area contributed by atoms with E-state index < -0.39 is 0 Å². The topological polar surface area (TPSA) is 47.7 Å². The summed E-state index contributed by atoms with van der Waals surface area (Å²) in [5.74, 6) is 0.444. The van der Waals surface area contributed by atoms with Gasteiger partial charge >= 0.3 is 0 Å². The molecular weight excluding hydrogens is 247 g/mol. The zero-order valence-corrected chi connectivity index (χ0v) is 11.1. The number of ether oxygens (including phenoxy) is 2. The molecule has 0 bridgehead atoms. The number of nitrogens with two attached hydrogens (primary N) is 1. The van der Waals surface area contributed by atoms with Crippen LogP contribution in [0, 0.1) is 5.82 Å². The van der Waals surface area contributed by atoms with Crippen molar-refractivity contribution in [1.29, 1.82) is 0 Å². The number of benzene rings is 1. The van der Waals surface area contributed by atoms with Crippen LogP contribution >= 0.6 is 0 Å². The van der Waals surface area contributed by atoms with Crippen LogP contribution in [0.2, 0.25) is 0 Å². The molecule has 4 nitrogen and oxygen atoms in total. The fraction of sp³-hybridized carbons (Fsp3) is 0.571. The van der Waals surface area contributed by atoms with Gasteiger partial charge in [0.2, 0.25) is 0 Å². The molecule has 1 atom stereocenters. The minimum atomic E-state index is -0.250. The number of hydrogen-bond donors (Lipinski definition) is 1. The maximum Gasteiger partial charge on any atom is 0.123 e. The van der Waals surface area contributed by atoms with Gasteiger partial charge in [0.25, 0.3) is 0 Å². The second kappa shape index (κ2) is 7.43. The van der Waals surface area contributed by atoms with Crippen LogP contribution in [-0.2, 0) is 4.74 Å². The molecule has 1 aliphatic heterocycles. The lowest BCUT2D eigenvalue weighted by atomic mass is 10.1. The molecule has 106 valence electrons. The Hall–Kier alpha value is -1.17. The zero-order chi connectivity index (χ0) is 13.5. The van der Waals surface area contributed by atoms with Gasteiger partial charge in [-0.05, 0) is 30.7 Å². The highest BCUT2D eigenvalue weighted by molar-refractivity contribution is 5.21. The minimum Gasteiger partial charge on any atom is -0.494 e. The lowest BCUT2D eigenvalue weighted by Crippen LogP contribution is -2.47. The Morgan fingerprint density at radius 1 is 1.26 bits per heavy atom. The highest BCUT2D eigenvalue weighted by atomic mass is 19.1. The molecule has 1 aromatic rings. The Labute approximate surface area is 113 Å². The third-order valence-corrected chi connectivity index (χ3v) is 3.37. The van der Waals surface area contributed by atoms with Gasteiger partial charge in [-0.1, -0.05) is 0 Å². The molecule has 5 heteroatoms. The summed E-state index contributed by atoms with van der Waals surface area (Å²) >= 11 is 0. The molecule has 0 radical (unpaired) electrons. The largest absolute Gasteiger partial charge is 0.494 e. The first kappa shape index (κ1) is 14.2. The van der Waals surface area contributed by atoms with E-state index in [4.69, 9.17) is 15.2 Å². The first-order valence-electron chi connectivity index (χ1n) is 6.70. The van der Waals surface area contributed by atoms with Crippen LogP contribution < -0.4 is 10.5 Å². The predicted molar refractivity (Wildman–Crippen MR) is 71.7 cm³/mol. The molecule has 19 heavy (non-hydrogen) atoms. The SMILES string of the molecule is NCC(CCOc1ccc(F)cc1)N1CCOCC1. The Kier molecular flexibility index (Phi) is 5.57. The van der Waals surface area contributed by atoms with Crippen molar-refractivity contribution in [3.05, 3.63) is 30.1 Å². The van der Waals surface area contributed by atoms with Gasteiger partial charge in [-0.3, -0.25) is 4.90 Å². The number of halogens is 1. The standard InChI is InChI=1S/C14H21FN2O2/c15-12-1-3-14(4-2-12)19-8-5-13(11-16)17-6-9-18-10-7-17/h1-4,13H,5-11,16H2. The van der Waals surface area contributed by atoms with Gasteiger partial charge < -0.3 is 15.2 Å². The molecule has 1 aromatic carbocycles. The van der Waals surface area contributed by atoms with Gasteiger partial charge in [-0.2, -0.15) is 0 Å². The van der Waals surface area contributed by atoms with Crippen molar-refractivity contribution in [2.45, 2.75) is 12.5 Å². The molecule has 1 saturated heterocycles. The summed E-state index contributed by atoms with van der Waals surface area (Å²) in [6, 6.07) is 6.41. The third-order valence-electron chi connectivity index (χ3n) is 3.37. The Balaban J connectivity index is 1.74. The number of rotatable bonds is 6. The molecule has 0 amide bonds. The van der Waals surface area contributed by atoms with Crippen molar-refractivity contribution in [2.24, 2.45) is 5.73 Å². The maximum atomic E-state index is 12.7. The predicted octanol–water partition coefficient (Wildman–Crippen LogP) is 1.25. The zero-order valence-electron chi connectivity index (χ0n) is 11.1. The molecule has 0 aromatic heterocycles. The smallest absolute Gasteiger partial charge is 0.123 e. The van der Waals surface area contributed by atoms with Gasteiger partial charge in [-0.25, -0.2) is 4.39 Å². The number of hydrogen-bond acceptors (Lipinski definition) is 4. The summed E-state index contributed by atoms with van der Waals surface area (Å²) in [6.07, 6.45) is 0.869. The second-order valence-corrected chi connectivity index (χ2v) is 4.63. The van der Waals surface area contributed by atoms with Crippen LogP contribution in [0.25, 0.3) is 0 Å². The van der Waals surface area contributed by atoms with E-state index in [1.165, 1.54) is 12.1 Å². The Morgan fingerprint density at radius 3 is 2.58 bits per heavy atom. The van der Waals surface area contributed by atoms with E-state index in [2.05, 4.69) is 4.90 Å². The van der Waals surface area contributed by atoms with Gasteiger partial charge in [0.15, 0.2) is 0 Å². The average Bonchev–Trinajstić information content (AvgIpc) is 2.46. The highest BCUT2D eigenvalue weighted by Gasteiger charge is 2.19. The molecule has 1 aliphatic rings. The lowest BCUT2D eigenvalue weighted by molar-refractivity contribution is 0.0140. The summed E-state index contributed by atoms with van der Waals surface area (Å²) < 4.78 is 23.7. The molecule has 2 N–H and O–H groups in total. The monoisotopic (exact) mass is 268 g/mol. The highest BCUT2D eigenvalue weighted by Crippen LogP contribution is 2.13. The second-order valence-electron chi connectivity index (χ2n) is 4.63. The maximum absolute atomic E-state index is 12.7. The molecule has 0 aliphatic carbocycles. The van der Waals surface area contributed by atoms with Crippen molar-refractivity contribution >= 4 is 0 Å². The molecule has 1 unspecified atom stereocenters. The third kappa shape index (κ3) is 4.45. The van der Waals surface area contributed by atoms with Gasteiger partial charge in [-0.15, -0.1) is 0 Å². The lowest BCUT2D eigenvalue weighted by Gasteiger charge is -2.33. The van der Waals surface area contributed by atoms with Gasteiger partial charge in [0.1, 0.15) is 11.6 Å². The molecular formula is C14H21FN2O2. The Bertz CT molecular complexity index is 366. The van der Waals surface area contributed by atoms with Crippen LogP contribution in [-0.4, -0.2) is 50.4 Å². The van der Waals surface area contributed by atoms with Crippen LogP contribution in [0.15, 0.2) is 24.3 Å². The fourth-order valence-corrected chi connectivity index (χ4v) is 2.24. The van der Waals surface area contributed by atoms with Gasteiger partial charge in [0, 0.05) is 25.7 Å². The quantitative estimate of drug-likeness (QED) is 0.843. The normalized spacial score (nSPS) is 18.2. The summed E-state index contributed by atoms with van der Waals surface area (Å²) in [4.78, 5) is 2.34. The average molecular weight is 268 g/mol. The van der Waals surface area contributed by atoms with Crippen molar-refractivity contribution in [3.63, 3.8) is 0 Å². The van der Waals surface area contributed by atoms with E-state index in [0.717, 1.165) is 32.7 Å². The van der Waals surface area contributed by atoms with Crippen LogP contribution in [0.3, 0.4) is 0 Å². The van der Waals surface area contributed by atoms with E-state index >= 15 is 0 Å². The van der Waals surface area contributed by atoms with Crippen LogP contribution in [0.1, 0.15) is 6.42 Å². The summed E-state index contributed by atoms with van der Waals surface area (Å²) in [5.41, 5.74) is 5.82. The van der Waals surface area contributed by atoms with E-state index in [1.54, 1.807) is 12.1 Å². The molecule has 1 heterocycles. The van der Waals surface area contributed by atoms with Crippen LogP contribution in [0.4, 0.5) is 4.39 Å². The van der Waals surface area contributed by atoms with E-state index in [0.29, 0.717) is 24.9 Å². The van der Waals surface area contributed by atoms with E-state index in [9.17, 15) is 4.39 Å². The molecule has 1 fully saturated rings.